The first-order valence-electron chi connectivity index (χ1n) is 11.2. The molecule has 0 saturated heterocycles. The second kappa shape index (κ2) is 11.6. The molecule has 3 rings (SSSR count). The molecule has 2 aromatic rings. The number of aliphatic carboxylic acids is 1. The lowest BCUT2D eigenvalue weighted by atomic mass is 9.98. The Morgan fingerprint density at radius 1 is 1.00 bits per heavy atom. The van der Waals surface area contributed by atoms with Crippen LogP contribution in [0.2, 0.25) is 0 Å². The quantitative estimate of drug-likeness (QED) is 0.454. The number of hydrogen-bond acceptors (Lipinski definition) is 4. The Kier molecular flexibility index (Phi) is 8.56. The molecule has 34 heavy (non-hydrogen) atoms. The van der Waals surface area contributed by atoms with Gasteiger partial charge in [-0.2, -0.15) is 0 Å². The molecule has 182 valence electrons. The van der Waals surface area contributed by atoms with Gasteiger partial charge in [0.15, 0.2) is 0 Å². The van der Waals surface area contributed by atoms with Gasteiger partial charge in [0.2, 0.25) is 5.91 Å². The van der Waals surface area contributed by atoms with E-state index >= 15 is 0 Å². The SMILES string of the molecule is CCC(CNC(=O)CC(NC(=O)OCC1c2ccccc2-c2ccccc21)C(F)F)CC(=O)O. The number of amides is 2. The van der Waals surface area contributed by atoms with E-state index in [4.69, 9.17) is 9.84 Å². The molecule has 0 fully saturated rings. The Morgan fingerprint density at radius 3 is 2.12 bits per heavy atom. The largest absolute Gasteiger partial charge is 0.481 e. The van der Waals surface area contributed by atoms with E-state index in [0.717, 1.165) is 22.3 Å². The van der Waals surface area contributed by atoms with Gasteiger partial charge in [0, 0.05) is 18.9 Å². The van der Waals surface area contributed by atoms with Crippen LogP contribution >= 0.6 is 0 Å². The molecule has 2 unspecified atom stereocenters. The van der Waals surface area contributed by atoms with Gasteiger partial charge in [0.05, 0.1) is 6.42 Å². The summed E-state index contributed by atoms with van der Waals surface area (Å²) in [5, 5.41) is 13.4. The van der Waals surface area contributed by atoms with Gasteiger partial charge in [-0.15, -0.1) is 0 Å². The van der Waals surface area contributed by atoms with E-state index < -0.39 is 36.9 Å². The summed E-state index contributed by atoms with van der Waals surface area (Å²) < 4.78 is 32.2. The zero-order valence-electron chi connectivity index (χ0n) is 18.8. The predicted molar refractivity (Wildman–Crippen MR) is 122 cm³/mol. The van der Waals surface area contributed by atoms with Crippen LogP contribution in [0.25, 0.3) is 11.1 Å². The summed E-state index contributed by atoms with van der Waals surface area (Å²) in [5.41, 5.74) is 4.08. The number of halogens is 2. The minimum absolute atomic E-state index is 0.0324. The van der Waals surface area contributed by atoms with Gasteiger partial charge in [-0.25, -0.2) is 13.6 Å². The molecule has 2 aromatic carbocycles. The number of nitrogens with one attached hydrogen (secondary N) is 2. The number of alkyl halides is 2. The van der Waals surface area contributed by atoms with E-state index in [1.54, 1.807) is 6.92 Å². The van der Waals surface area contributed by atoms with Crippen LogP contribution in [-0.4, -0.2) is 48.7 Å². The van der Waals surface area contributed by atoms with Crippen molar-refractivity contribution in [3.63, 3.8) is 0 Å². The highest BCUT2D eigenvalue weighted by Gasteiger charge is 2.30. The summed E-state index contributed by atoms with van der Waals surface area (Å²) in [4.78, 5) is 35.2. The first-order valence-corrected chi connectivity index (χ1v) is 11.2. The van der Waals surface area contributed by atoms with Crippen LogP contribution in [-0.2, 0) is 14.3 Å². The second-order valence-electron chi connectivity index (χ2n) is 8.29. The number of carbonyl (C=O) groups excluding carboxylic acids is 2. The molecule has 2 atom stereocenters. The van der Waals surface area contributed by atoms with Gasteiger partial charge in [0.1, 0.15) is 12.6 Å². The molecular formula is C25H28F2N2O5. The van der Waals surface area contributed by atoms with Crippen molar-refractivity contribution in [2.75, 3.05) is 13.2 Å². The van der Waals surface area contributed by atoms with Crippen LogP contribution in [0.1, 0.15) is 43.2 Å². The number of fused-ring (bicyclic) bond motifs is 3. The Balaban J connectivity index is 1.54. The first kappa shape index (κ1) is 25.1. The van der Waals surface area contributed by atoms with Crippen LogP contribution in [0.4, 0.5) is 13.6 Å². The summed E-state index contributed by atoms with van der Waals surface area (Å²) in [6, 6.07) is 13.8. The maximum absolute atomic E-state index is 13.5. The first-order chi connectivity index (χ1) is 16.3. The molecule has 3 N–H and O–H groups in total. The van der Waals surface area contributed by atoms with E-state index in [0.29, 0.717) is 6.42 Å². The van der Waals surface area contributed by atoms with E-state index in [1.807, 2.05) is 48.5 Å². The van der Waals surface area contributed by atoms with E-state index in [-0.39, 0.29) is 31.4 Å². The summed E-state index contributed by atoms with van der Waals surface area (Å²) in [6.45, 7) is 1.80. The van der Waals surface area contributed by atoms with Gasteiger partial charge in [-0.05, 0) is 28.2 Å². The van der Waals surface area contributed by atoms with Crippen LogP contribution in [0.3, 0.4) is 0 Å². The molecule has 0 bridgehead atoms. The number of carbonyl (C=O) groups is 3. The van der Waals surface area contributed by atoms with Crippen LogP contribution in [0.5, 0.6) is 0 Å². The van der Waals surface area contributed by atoms with Gasteiger partial charge < -0.3 is 20.5 Å². The zero-order chi connectivity index (χ0) is 24.7. The Bertz CT molecular complexity index is 984. The fraction of sp³-hybridized carbons (Fsp3) is 0.400. The number of carboxylic acids is 1. The number of alkyl carbamates (subject to hydrolysis) is 1. The molecule has 1 aliphatic carbocycles. The van der Waals surface area contributed by atoms with Crippen LogP contribution in [0.15, 0.2) is 48.5 Å². The molecule has 0 radical (unpaired) electrons. The van der Waals surface area contributed by atoms with Gasteiger partial charge in [-0.3, -0.25) is 9.59 Å². The van der Waals surface area contributed by atoms with Crippen molar-refractivity contribution >= 4 is 18.0 Å². The Labute approximate surface area is 196 Å². The van der Waals surface area contributed by atoms with Crippen LogP contribution < -0.4 is 10.6 Å². The number of rotatable bonds is 11. The van der Waals surface area contributed by atoms with Crippen molar-refractivity contribution in [1.29, 1.82) is 0 Å². The third-order valence-corrected chi connectivity index (χ3v) is 5.98. The average Bonchev–Trinajstić information content (AvgIpc) is 3.13. The highest BCUT2D eigenvalue weighted by atomic mass is 19.3. The number of carboxylic acid groups (broad SMARTS) is 1. The van der Waals surface area contributed by atoms with Crippen LogP contribution in [0, 0.1) is 5.92 Å². The topological polar surface area (TPSA) is 105 Å². The Hall–Kier alpha value is -3.49. The van der Waals surface area contributed by atoms with Crippen molar-refractivity contribution in [2.24, 2.45) is 5.92 Å². The number of benzene rings is 2. The van der Waals surface area contributed by atoms with Crippen molar-refractivity contribution < 1.29 is 33.0 Å². The van der Waals surface area contributed by atoms with Crippen molar-refractivity contribution in [2.45, 2.75) is 44.6 Å². The average molecular weight is 475 g/mol. The van der Waals surface area contributed by atoms with Crippen molar-refractivity contribution in [1.82, 2.24) is 10.6 Å². The van der Waals surface area contributed by atoms with Gasteiger partial charge >= 0.3 is 12.1 Å². The molecule has 9 heteroatoms. The van der Waals surface area contributed by atoms with Crippen molar-refractivity contribution in [3.05, 3.63) is 59.7 Å². The molecule has 0 aliphatic heterocycles. The summed E-state index contributed by atoms with van der Waals surface area (Å²) >= 11 is 0. The fourth-order valence-corrected chi connectivity index (χ4v) is 4.13. The number of ether oxygens (including phenoxy) is 1. The van der Waals surface area contributed by atoms with E-state index in [1.165, 1.54) is 0 Å². The normalized spacial score (nSPS) is 14.1. The van der Waals surface area contributed by atoms with E-state index in [9.17, 15) is 23.2 Å². The minimum Gasteiger partial charge on any atom is -0.481 e. The molecule has 2 amide bonds. The molecule has 7 nitrogen and oxygen atoms in total. The Morgan fingerprint density at radius 2 is 1.59 bits per heavy atom. The second-order valence-corrected chi connectivity index (χ2v) is 8.29. The summed E-state index contributed by atoms with van der Waals surface area (Å²) in [7, 11) is 0. The van der Waals surface area contributed by atoms with Gasteiger partial charge in [-0.1, -0.05) is 61.9 Å². The number of hydrogen-bond donors (Lipinski definition) is 3. The summed E-state index contributed by atoms with van der Waals surface area (Å²) in [5.74, 6) is -2.22. The van der Waals surface area contributed by atoms with Crippen molar-refractivity contribution in [3.8, 4) is 11.1 Å². The lowest BCUT2D eigenvalue weighted by Crippen LogP contribution is -2.44. The highest BCUT2D eigenvalue weighted by molar-refractivity contribution is 5.79. The lowest BCUT2D eigenvalue weighted by molar-refractivity contribution is -0.138. The fourth-order valence-electron chi connectivity index (χ4n) is 4.13. The zero-order valence-corrected chi connectivity index (χ0v) is 18.8. The van der Waals surface area contributed by atoms with E-state index in [2.05, 4.69) is 10.6 Å². The molecule has 1 aliphatic rings. The smallest absolute Gasteiger partial charge is 0.407 e. The maximum atomic E-state index is 13.5. The lowest BCUT2D eigenvalue weighted by Gasteiger charge is -2.20. The molecule has 0 heterocycles. The maximum Gasteiger partial charge on any atom is 0.407 e. The molecule has 0 aromatic heterocycles. The minimum atomic E-state index is -2.98. The molecule has 0 spiro atoms. The predicted octanol–water partition coefficient (Wildman–Crippen LogP) is 4.17. The highest BCUT2D eigenvalue weighted by Crippen LogP contribution is 2.44. The third-order valence-electron chi connectivity index (χ3n) is 5.98. The summed E-state index contributed by atoms with van der Waals surface area (Å²) in [6.07, 6.45) is -4.27. The van der Waals surface area contributed by atoms with Gasteiger partial charge in [0.25, 0.3) is 6.43 Å². The molecule has 0 saturated carbocycles. The standard InChI is InChI=1S/C25H28F2N2O5/c1-2-15(11-23(31)32)13-28-22(30)12-21(24(26)27)29-25(33)34-14-20-18-9-5-3-7-16(18)17-8-4-6-10-19(17)20/h3-10,15,20-21,24H,2,11-14H2,1H3,(H,28,30)(H,29,33)(H,31,32). The third kappa shape index (κ3) is 6.30. The monoisotopic (exact) mass is 474 g/mol. The molecular weight excluding hydrogens is 446 g/mol.